The van der Waals surface area contributed by atoms with E-state index >= 15 is 0 Å². The van der Waals surface area contributed by atoms with Gasteiger partial charge in [0.2, 0.25) is 0 Å². The molecule has 0 aromatic heterocycles. The van der Waals surface area contributed by atoms with Crippen molar-refractivity contribution >= 4 is 0 Å². The standard InChI is InChI=1S/C10H9F2NO3/c1-16-7-4-5(2-3-6(7)11)8-9(12)10(8)13(14)15/h2-4,8-10H,1H3/t8-,9+,10+/m0/s1. The Balaban J connectivity index is 2.26. The first-order valence-electron chi connectivity index (χ1n) is 4.67. The fourth-order valence-electron chi connectivity index (χ4n) is 1.77. The van der Waals surface area contributed by atoms with Crippen LogP contribution in [0, 0.1) is 15.9 Å². The van der Waals surface area contributed by atoms with E-state index in [9.17, 15) is 18.9 Å². The van der Waals surface area contributed by atoms with Gasteiger partial charge in [0.1, 0.15) is 0 Å². The van der Waals surface area contributed by atoms with E-state index in [0.717, 1.165) is 6.07 Å². The van der Waals surface area contributed by atoms with Crippen LogP contribution in [0.2, 0.25) is 0 Å². The zero-order valence-electron chi connectivity index (χ0n) is 8.39. The molecule has 0 spiro atoms. The lowest BCUT2D eigenvalue weighted by Crippen LogP contribution is -2.04. The molecule has 0 aliphatic heterocycles. The molecule has 6 heteroatoms. The second kappa shape index (κ2) is 3.70. The summed E-state index contributed by atoms with van der Waals surface area (Å²) in [4.78, 5) is 9.79. The Morgan fingerprint density at radius 1 is 1.50 bits per heavy atom. The van der Waals surface area contributed by atoms with E-state index in [1.54, 1.807) is 0 Å². The third kappa shape index (κ3) is 1.60. The molecule has 1 aliphatic carbocycles. The van der Waals surface area contributed by atoms with Gasteiger partial charge in [-0.05, 0) is 17.7 Å². The van der Waals surface area contributed by atoms with Gasteiger partial charge in [0.25, 0.3) is 6.04 Å². The third-order valence-electron chi connectivity index (χ3n) is 2.70. The van der Waals surface area contributed by atoms with Crippen LogP contribution in [0.1, 0.15) is 11.5 Å². The summed E-state index contributed by atoms with van der Waals surface area (Å²) in [6, 6.07) is 2.56. The number of nitro groups is 1. The highest BCUT2D eigenvalue weighted by Crippen LogP contribution is 2.46. The van der Waals surface area contributed by atoms with E-state index in [1.165, 1.54) is 19.2 Å². The SMILES string of the molecule is COc1cc([C@H]2[C@@H](F)[C@@H]2[N+](=O)[O-])ccc1F. The number of hydrogen-bond acceptors (Lipinski definition) is 3. The molecule has 1 aliphatic rings. The van der Waals surface area contributed by atoms with Gasteiger partial charge in [-0.2, -0.15) is 0 Å². The van der Waals surface area contributed by atoms with Crippen molar-refractivity contribution in [1.29, 1.82) is 0 Å². The van der Waals surface area contributed by atoms with Gasteiger partial charge in [-0.1, -0.05) is 6.07 Å². The van der Waals surface area contributed by atoms with Gasteiger partial charge < -0.3 is 4.74 Å². The number of methoxy groups -OCH3 is 1. The molecule has 0 radical (unpaired) electrons. The Kier molecular flexibility index (Phi) is 2.49. The first kappa shape index (κ1) is 10.8. The minimum Gasteiger partial charge on any atom is -0.494 e. The normalized spacial score (nSPS) is 27.6. The molecular weight excluding hydrogens is 220 g/mol. The fraction of sp³-hybridized carbons (Fsp3) is 0.400. The van der Waals surface area contributed by atoms with E-state index in [1.807, 2.05) is 0 Å². The molecule has 16 heavy (non-hydrogen) atoms. The van der Waals surface area contributed by atoms with Crippen molar-refractivity contribution in [3.8, 4) is 5.75 Å². The summed E-state index contributed by atoms with van der Waals surface area (Å²) in [6.45, 7) is 0. The summed E-state index contributed by atoms with van der Waals surface area (Å²) < 4.78 is 30.9. The molecule has 3 atom stereocenters. The molecule has 86 valence electrons. The molecule has 0 unspecified atom stereocenters. The van der Waals surface area contributed by atoms with Crippen LogP contribution in [0.15, 0.2) is 18.2 Å². The van der Waals surface area contributed by atoms with Gasteiger partial charge in [-0.25, -0.2) is 8.78 Å². The minimum absolute atomic E-state index is 0.0290. The van der Waals surface area contributed by atoms with Gasteiger partial charge in [-0.3, -0.25) is 10.1 Å². The summed E-state index contributed by atoms with van der Waals surface area (Å²) >= 11 is 0. The summed E-state index contributed by atoms with van der Waals surface area (Å²) in [7, 11) is 1.28. The molecule has 0 bridgehead atoms. The van der Waals surface area contributed by atoms with Crippen LogP contribution in [-0.4, -0.2) is 24.2 Å². The first-order valence-corrected chi connectivity index (χ1v) is 4.67. The smallest absolute Gasteiger partial charge is 0.254 e. The van der Waals surface area contributed by atoms with Crippen molar-refractivity contribution in [2.24, 2.45) is 0 Å². The van der Waals surface area contributed by atoms with Crippen LogP contribution in [0.5, 0.6) is 5.75 Å². The maximum atomic E-state index is 13.1. The summed E-state index contributed by atoms with van der Waals surface area (Å²) in [5, 5.41) is 10.4. The van der Waals surface area contributed by atoms with Crippen LogP contribution in [0.3, 0.4) is 0 Å². The van der Waals surface area contributed by atoms with Crippen LogP contribution >= 0.6 is 0 Å². The number of halogens is 2. The predicted octanol–water partition coefficient (Wildman–Crippen LogP) is 1.91. The van der Waals surface area contributed by atoms with Crippen LogP contribution in [-0.2, 0) is 0 Å². The van der Waals surface area contributed by atoms with Crippen LogP contribution in [0.25, 0.3) is 0 Å². The minimum atomic E-state index is -1.50. The zero-order chi connectivity index (χ0) is 11.9. The van der Waals surface area contributed by atoms with Gasteiger partial charge in [0.15, 0.2) is 17.7 Å². The molecule has 1 aromatic rings. The Morgan fingerprint density at radius 2 is 2.19 bits per heavy atom. The first-order chi connectivity index (χ1) is 7.56. The lowest BCUT2D eigenvalue weighted by Gasteiger charge is -2.03. The van der Waals surface area contributed by atoms with Gasteiger partial charge in [0.05, 0.1) is 13.0 Å². The highest BCUT2D eigenvalue weighted by atomic mass is 19.1. The Bertz CT molecular complexity index is 438. The van der Waals surface area contributed by atoms with Crippen LogP contribution in [0.4, 0.5) is 8.78 Å². The van der Waals surface area contributed by atoms with Gasteiger partial charge >= 0.3 is 0 Å². The number of ether oxygens (including phenoxy) is 1. The van der Waals surface area contributed by atoms with Crippen molar-refractivity contribution in [3.05, 3.63) is 39.7 Å². The second-order valence-corrected chi connectivity index (χ2v) is 3.64. The molecule has 1 saturated carbocycles. The second-order valence-electron chi connectivity index (χ2n) is 3.64. The number of hydrogen-bond donors (Lipinski definition) is 0. The van der Waals surface area contributed by atoms with E-state index in [-0.39, 0.29) is 5.75 Å². The van der Waals surface area contributed by atoms with Crippen molar-refractivity contribution in [3.63, 3.8) is 0 Å². The largest absolute Gasteiger partial charge is 0.494 e. The monoisotopic (exact) mass is 229 g/mol. The summed E-state index contributed by atoms with van der Waals surface area (Å²) in [5.41, 5.74) is 0.396. The molecule has 0 saturated heterocycles. The van der Waals surface area contributed by atoms with E-state index in [2.05, 4.69) is 0 Å². The maximum Gasteiger partial charge on any atom is 0.254 e. The van der Waals surface area contributed by atoms with Gasteiger partial charge in [0, 0.05) is 4.92 Å². The lowest BCUT2D eigenvalue weighted by molar-refractivity contribution is -0.499. The molecule has 0 amide bonds. The molecule has 0 heterocycles. The molecule has 0 N–H and O–H groups in total. The van der Waals surface area contributed by atoms with Crippen molar-refractivity contribution in [2.75, 3.05) is 7.11 Å². The average Bonchev–Trinajstić information content (AvgIpc) is 2.91. The molecule has 2 rings (SSSR count). The molecule has 4 nitrogen and oxygen atoms in total. The predicted molar refractivity (Wildman–Crippen MR) is 51.4 cm³/mol. The highest BCUT2D eigenvalue weighted by molar-refractivity contribution is 5.37. The number of benzene rings is 1. The van der Waals surface area contributed by atoms with Crippen molar-refractivity contribution in [1.82, 2.24) is 0 Å². The topological polar surface area (TPSA) is 52.4 Å². The quantitative estimate of drug-likeness (QED) is 0.587. The Labute approximate surface area is 90.0 Å². The molecular formula is C10H9F2NO3. The summed E-state index contributed by atoms with van der Waals surface area (Å²) in [5.74, 6) is -1.39. The van der Waals surface area contributed by atoms with Crippen LogP contribution < -0.4 is 4.74 Å². The zero-order valence-corrected chi connectivity index (χ0v) is 8.39. The maximum absolute atomic E-state index is 13.1. The number of nitrogens with zero attached hydrogens (tertiary/aromatic N) is 1. The number of alkyl halides is 1. The lowest BCUT2D eigenvalue weighted by atomic mass is 10.1. The Hall–Kier alpha value is -1.72. The van der Waals surface area contributed by atoms with Crippen molar-refractivity contribution < 1.29 is 18.4 Å². The highest BCUT2D eigenvalue weighted by Gasteiger charge is 2.62. The number of rotatable bonds is 3. The fourth-order valence-corrected chi connectivity index (χ4v) is 1.77. The van der Waals surface area contributed by atoms with Crippen molar-refractivity contribution in [2.45, 2.75) is 18.1 Å². The average molecular weight is 229 g/mol. The third-order valence-corrected chi connectivity index (χ3v) is 2.70. The van der Waals surface area contributed by atoms with Gasteiger partial charge in [-0.15, -0.1) is 0 Å². The Morgan fingerprint density at radius 3 is 2.69 bits per heavy atom. The summed E-state index contributed by atoms with van der Waals surface area (Å²) in [6.07, 6.45) is -1.50. The van der Waals surface area contributed by atoms with E-state index < -0.39 is 28.9 Å². The van der Waals surface area contributed by atoms with E-state index in [4.69, 9.17) is 4.74 Å². The van der Waals surface area contributed by atoms with E-state index in [0.29, 0.717) is 5.56 Å². The molecule has 1 fully saturated rings. The molecule has 1 aromatic carbocycles.